The van der Waals surface area contributed by atoms with E-state index < -0.39 is 6.10 Å². The van der Waals surface area contributed by atoms with Crippen LogP contribution in [0, 0.1) is 17.7 Å². The lowest BCUT2D eigenvalue weighted by molar-refractivity contribution is 0.137. The van der Waals surface area contributed by atoms with E-state index in [4.69, 9.17) is 0 Å². The quantitative estimate of drug-likeness (QED) is 0.836. The Morgan fingerprint density at radius 2 is 1.88 bits per heavy atom. The Balaban J connectivity index is 2.73. The molecule has 0 saturated heterocycles. The van der Waals surface area contributed by atoms with Crippen LogP contribution < -0.4 is 0 Å². The van der Waals surface area contributed by atoms with Crippen molar-refractivity contribution >= 4 is 15.9 Å². The molecule has 3 heteroatoms. The molecule has 0 bridgehead atoms. The van der Waals surface area contributed by atoms with Gasteiger partial charge in [-0.05, 0) is 36.8 Å². The fourth-order valence-corrected chi connectivity index (χ4v) is 2.84. The summed E-state index contributed by atoms with van der Waals surface area (Å²) < 4.78 is 14.3. The molecule has 2 atom stereocenters. The van der Waals surface area contributed by atoms with Gasteiger partial charge in [-0.2, -0.15) is 0 Å². The van der Waals surface area contributed by atoms with Gasteiger partial charge in [0.2, 0.25) is 0 Å². The Bertz CT molecular complexity index is 345. The minimum atomic E-state index is -0.737. The van der Waals surface area contributed by atoms with Gasteiger partial charge >= 0.3 is 0 Å². The second-order valence-electron chi connectivity index (χ2n) is 5.12. The van der Waals surface area contributed by atoms with Crippen molar-refractivity contribution in [3.05, 3.63) is 34.1 Å². The molecule has 0 fully saturated rings. The van der Waals surface area contributed by atoms with E-state index in [-0.39, 0.29) is 5.82 Å². The maximum Gasteiger partial charge on any atom is 0.130 e. The van der Waals surface area contributed by atoms with Gasteiger partial charge in [-0.3, -0.25) is 0 Å². The number of halogens is 2. The van der Waals surface area contributed by atoms with Crippen molar-refractivity contribution in [1.29, 1.82) is 0 Å². The third-order valence-corrected chi connectivity index (χ3v) is 3.52. The third kappa shape index (κ3) is 4.40. The van der Waals surface area contributed by atoms with Crippen molar-refractivity contribution in [3.63, 3.8) is 0 Å². The zero-order valence-electron chi connectivity index (χ0n) is 10.6. The average molecular weight is 303 g/mol. The highest BCUT2D eigenvalue weighted by molar-refractivity contribution is 9.10. The standard InChI is InChI=1S/C14H20BrFO/c1-9(2)7-10(3)8-13(17)14-11(15)5-4-6-12(14)16/h4-6,9-10,13,17H,7-8H2,1-3H3. The third-order valence-electron chi connectivity index (χ3n) is 2.83. The van der Waals surface area contributed by atoms with Gasteiger partial charge in [-0.1, -0.05) is 42.8 Å². The lowest BCUT2D eigenvalue weighted by Crippen LogP contribution is -2.09. The minimum absolute atomic E-state index is 0.344. The molecule has 1 nitrogen and oxygen atoms in total. The first-order valence-corrected chi connectivity index (χ1v) is 6.83. The van der Waals surface area contributed by atoms with E-state index in [0.717, 1.165) is 6.42 Å². The molecule has 2 unspecified atom stereocenters. The van der Waals surface area contributed by atoms with Crippen LogP contribution in [0.3, 0.4) is 0 Å². The Morgan fingerprint density at radius 3 is 2.41 bits per heavy atom. The van der Waals surface area contributed by atoms with Gasteiger partial charge in [0.15, 0.2) is 0 Å². The van der Waals surface area contributed by atoms with Crippen LogP contribution in [0.4, 0.5) is 4.39 Å². The van der Waals surface area contributed by atoms with E-state index in [0.29, 0.717) is 28.3 Å². The van der Waals surface area contributed by atoms with Crippen molar-refractivity contribution in [3.8, 4) is 0 Å². The highest BCUT2D eigenvalue weighted by Crippen LogP contribution is 2.31. The molecule has 96 valence electrons. The summed E-state index contributed by atoms with van der Waals surface area (Å²) in [7, 11) is 0. The zero-order valence-corrected chi connectivity index (χ0v) is 12.2. The van der Waals surface area contributed by atoms with Gasteiger partial charge in [0.25, 0.3) is 0 Å². The number of hydrogen-bond donors (Lipinski definition) is 1. The van der Waals surface area contributed by atoms with Crippen molar-refractivity contribution < 1.29 is 9.50 Å². The van der Waals surface area contributed by atoms with Gasteiger partial charge in [-0.15, -0.1) is 0 Å². The molecular formula is C14H20BrFO. The second-order valence-corrected chi connectivity index (χ2v) is 5.98. The zero-order chi connectivity index (χ0) is 13.0. The van der Waals surface area contributed by atoms with Crippen LogP contribution in [-0.2, 0) is 0 Å². The van der Waals surface area contributed by atoms with Gasteiger partial charge in [-0.25, -0.2) is 4.39 Å². The molecule has 0 radical (unpaired) electrons. The SMILES string of the molecule is CC(C)CC(C)CC(O)c1c(F)cccc1Br. The second kappa shape index (κ2) is 6.50. The van der Waals surface area contributed by atoms with E-state index in [1.807, 2.05) is 0 Å². The highest BCUT2D eigenvalue weighted by Gasteiger charge is 2.19. The summed E-state index contributed by atoms with van der Waals surface area (Å²) in [6.07, 6.45) is 0.903. The van der Waals surface area contributed by atoms with Crippen LogP contribution in [-0.4, -0.2) is 5.11 Å². The first-order chi connectivity index (χ1) is 7.91. The summed E-state index contributed by atoms with van der Waals surface area (Å²) >= 11 is 3.29. The highest BCUT2D eigenvalue weighted by atomic mass is 79.9. The number of benzene rings is 1. The molecule has 0 saturated carbocycles. The first-order valence-electron chi connectivity index (χ1n) is 6.03. The van der Waals surface area contributed by atoms with E-state index >= 15 is 0 Å². The van der Waals surface area contributed by atoms with E-state index in [2.05, 4.69) is 36.7 Å². The van der Waals surface area contributed by atoms with Gasteiger partial charge in [0.1, 0.15) is 5.82 Å². The largest absolute Gasteiger partial charge is 0.388 e. The predicted molar refractivity (Wildman–Crippen MR) is 72.3 cm³/mol. The van der Waals surface area contributed by atoms with Gasteiger partial charge in [0.05, 0.1) is 6.10 Å². The van der Waals surface area contributed by atoms with Crippen molar-refractivity contribution in [2.75, 3.05) is 0 Å². The number of aliphatic hydroxyl groups is 1. The average Bonchev–Trinajstić information content (AvgIpc) is 2.15. The van der Waals surface area contributed by atoms with Crippen LogP contribution in [0.25, 0.3) is 0 Å². The summed E-state index contributed by atoms with van der Waals surface area (Å²) in [6, 6.07) is 4.78. The van der Waals surface area contributed by atoms with Crippen LogP contribution in [0.1, 0.15) is 45.3 Å². The molecule has 17 heavy (non-hydrogen) atoms. The Labute approximate surface area is 111 Å². The summed E-state index contributed by atoms with van der Waals surface area (Å²) in [6.45, 7) is 6.40. The monoisotopic (exact) mass is 302 g/mol. The molecule has 0 aromatic heterocycles. The molecular weight excluding hydrogens is 283 g/mol. The maximum atomic E-state index is 13.6. The van der Waals surface area contributed by atoms with Crippen LogP contribution in [0.5, 0.6) is 0 Å². The van der Waals surface area contributed by atoms with Crippen LogP contribution in [0.15, 0.2) is 22.7 Å². The molecule has 1 N–H and O–H groups in total. The summed E-state index contributed by atoms with van der Waals surface area (Å²) in [4.78, 5) is 0. The summed E-state index contributed by atoms with van der Waals surface area (Å²) in [5, 5.41) is 10.1. The topological polar surface area (TPSA) is 20.2 Å². The molecule has 1 rings (SSSR count). The summed E-state index contributed by atoms with van der Waals surface area (Å²) in [5.41, 5.74) is 0.378. The van der Waals surface area contributed by atoms with Gasteiger partial charge < -0.3 is 5.11 Å². The van der Waals surface area contributed by atoms with Crippen molar-refractivity contribution in [1.82, 2.24) is 0 Å². The Kier molecular flexibility index (Phi) is 5.60. The fraction of sp³-hybridized carbons (Fsp3) is 0.571. The van der Waals surface area contributed by atoms with E-state index in [9.17, 15) is 9.50 Å². The lowest BCUT2D eigenvalue weighted by Gasteiger charge is -2.19. The molecule has 0 spiro atoms. The molecule has 0 aliphatic heterocycles. The van der Waals surface area contributed by atoms with Crippen molar-refractivity contribution in [2.45, 2.75) is 39.7 Å². The molecule has 0 heterocycles. The van der Waals surface area contributed by atoms with Crippen LogP contribution in [0.2, 0.25) is 0 Å². The molecule has 0 aliphatic rings. The smallest absolute Gasteiger partial charge is 0.130 e. The van der Waals surface area contributed by atoms with E-state index in [1.165, 1.54) is 6.07 Å². The molecule has 0 amide bonds. The van der Waals surface area contributed by atoms with Crippen molar-refractivity contribution in [2.24, 2.45) is 11.8 Å². The van der Waals surface area contributed by atoms with Gasteiger partial charge in [0, 0.05) is 10.0 Å². The fourth-order valence-electron chi connectivity index (χ4n) is 2.23. The van der Waals surface area contributed by atoms with Crippen LogP contribution >= 0.6 is 15.9 Å². The normalized spacial score (nSPS) is 15.0. The van der Waals surface area contributed by atoms with E-state index in [1.54, 1.807) is 12.1 Å². The lowest BCUT2D eigenvalue weighted by atomic mass is 9.91. The molecule has 1 aromatic rings. The number of rotatable bonds is 5. The molecule has 1 aromatic carbocycles. The maximum absolute atomic E-state index is 13.6. The Hall–Kier alpha value is -0.410. The number of hydrogen-bond acceptors (Lipinski definition) is 1. The minimum Gasteiger partial charge on any atom is -0.388 e. The predicted octanol–water partition coefficient (Wildman–Crippen LogP) is 4.69. The first kappa shape index (κ1) is 14.7. The molecule has 0 aliphatic carbocycles. The summed E-state index contributed by atoms with van der Waals surface area (Å²) in [5.74, 6) is 0.640. The Morgan fingerprint density at radius 1 is 1.24 bits per heavy atom. The number of aliphatic hydroxyl groups excluding tert-OH is 1.